The van der Waals surface area contributed by atoms with Crippen molar-refractivity contribution < 1.29 is 13.2 Å². The maximum absolute atomic E-state index is 13.7. The van der Waals surface area contributed by atoms with Crippen LogP contribution >= 0.6 is 0 Å². The zero-order valence-electron chi connectivity index (χ0n) is 16.0. The lowest BCUT2D eigenvalue weighted by atomic mass is 10.0. The molecule has 0 bridgehead atoms. The molecule has 1 aromatic carbocycles. The Hall–Kier alpha value is -2.55. The smallest absolute Gasteiger partial charge is 0.398 e. The molecule has 1 aliphatic heterocycles. The van der Waals surface area contributed by atoms with Gasteiger partial charge in [-0.1, -0.05) is 13.3 Å². The van der Waals surface area contributed by atoms with Crippen LogP contribution in [0.4, 0.5) is 30.4 Å². The van der Waals surface area contributed by atoms with Crippen molar-refractivity contribution in [3.8, 4) is 11.4 Å². The summed E-state index contributed by atoms with van der Waals surface area (Å²) in [7, 11) is 1.89. The molecule has 152 valence electrons. The third kappa shape index (κ3) is 3.99. The quantitative estimate of drug-likeness (QED) is 0.675. The van der Waals surface area contributed by atoms with Crippen molar-refractivity contribution in [1.82, 2.24) is 15.3 Å². The highest BCUT2D eigenvalue weighted by molar-refractivity contribution is 5.81. The summed E-state index contributed by atoms with van der Waals surface area (Å²) in [5, 5.41) is 3.22. The zero-order chi connectivity index (χ0) is 20.5. The second-order valence-electron chi connectivity index (χ2n) is 7.00. The Kier molecular flexibility index (Phi) is 5.64. The van der Waals surface area contributed by atoms with Gasteiger partial charge in [0.05, 0.1) is 11.1 Å². The predicted octanol–water partition coefficient (Wildman–Crippen LogP) is 3.08. The van der Waals surface area contributed by atoms with Crippen molar-refractivity contribution in [2.24, 2.45) is 0 Å². The minimum atomic E-state index is -4.66. The molecule has 6 nitrogen and oxygen atoms in total. The van der Waals surface area contributed by atoms with Crippen LogP contribution < -0.4 is 21.7 Å². The molecule has 1 unspecified atom stereocenters. The fourth-order valence-corrected chi connectivity index (χ4v) is 3.53. The van der Waals surface area contributed by atoms with E-state index in [-0.39, 0.29) is 22.8 Å². The highest BCUT2D eigenvalue weighted by Crippen LogP contribution is 2.43. The molecule has 2 heterocycles. The maximum atomic E-state index is 13.7. The molecule has 1 atom stereocenters. The van der Waals surface area contributed by atoms with Gasteiger partial charge in [-0.3, -0.25) is 0 Å². The van der Waals surface area contributed by atoms with Gasteiger partial charge in [0.25, 0.3) is 0 Å². The van der Waals surface area contributed by atoms with Crippen LogP contribution in [-0.4, -0.2) is 36.1 Å². The van der Waals surface area contributed by atoms with Gasteiger partial charge in [0.2, 0.25) is 0 Å². The first-order valence-electron chi connectivity index (χ1n) is 9.30. The first-order valence-corrected chi connectivity index (χ1v) is 9.30. The number of nitrogen functional groups attached to an aromatic ring is 2. The standard InChI is InChI=1S/C19H25F3N6/c1-3-4-11-9-15(28-8-7-12(10-28)25-2)27-18(26-11)16-13(23)5-6-14(24)17(16)19(20,21)22/h5-6,9,12,25H,3-4,7-8,10,23-24H2,1-2H3. The van der Waals surface area contributed by atoms with Crippen LogP contribution in [0.3, 0.4) is 0 Å². The molecule has 0 amide bonds. The van der Waals surface area contributed by atoms with Crippen molar-refractivity contribution in [2.45, 2.75) is 38.4 Å². The Balaban J connectivity index is 2.16. The van der Waals surface area contributed by atoms with Crippen molar-refractivity contribution in [3.05, 3.63) is 29.5 Å². The number of alkyl halides is 3. The van der Waals surface area contributed by atoms with Gasteiger partial charge in [0, 0.05) is 42.3 Å². The molecule has 0 aliphatic carbocycles. The average Bonchev–Trinajstić information content (AvgIpc) is 3.11. The summed E-state index contributed by atoms with van der Waals surface area (Å²) in [4.78, 5) is 10.9. The fraction of sp³-hybridized carbons (Fsp3) is 0.474. The molecule has 2 aromatic rings. The molecule has 0 saturated carbocycles. The number of anilines is 3. The number of likely N-dealkylation sites (N-methyl/N-ethyl adjacent to an activating group) is 1. The first-order chi connectivity index (χ1) is 13.2. The van der Waals surface area contributed by atoms with Crippen LogP contribution in [0.15, 0.2) is 18.2 Å². The molecule has 9 heteroatoms. The number of benzene rings is 1. The summed E-state index contributed by atoms with van der Waals surface area (Å²) in [6, 6.07) is 4.69. The van der Waals surface area contributed by atoms with Gasteiger partial charge in [0.1, 0.15) is 5.82 Å². The number of nitrogens with one attached hydrogen (secondary N) is 1. The largest absolute Gasteiger partial charge is 0.419 e. The Labute approximate surface area is 162 Å². The van der Waals surface area contributed by atoms with Crippen LogP contribution in [-0.2, 0) is 12.6 Å². The molecule has 0 radical (unpaired) electrons. The van der Waals surface area contributed by atoms with E-state index in [1.54, 1.807) is 0 Å². The Morgan fingerprint density at radius 3 is 2.54 bits per heavy atom. The minimum Gasteiger partial charge on any atom is -0.398 e. The molecule has 5 N–H and O–H groups in total. The molecule has 1 fully saturated rings. The number of nitrogens with two attached hydrogens (primary N) is 2. The van der Waals surface area contributed by atoms with E-state index < -0.39 is 11.7 Å². The molecule has 3 rings (SSSR count). The van der Waals surface area contributed by atoms with E-state index in [1.165, 1.54) is 6.07 Å². The van der Waals surface area contributed by atoms with Crippen LogP contribution in [0.25, 0.3) is 11.4 Å². The minimum absolute atomic E-state index is 0.0361. The lowest BCUT2D eigenvalue weighted by Crippen LogP contribution is -2.30. The van der Waals surface area contributed by atoms with E-state index in [0.717, 1.165) is 32.0 Å². The number of aryl methyl sites for hydroxylation is 1. The van der Waals surface area contributed by atoms with Crippen LogP contribution in [0.1, 0.15) is 31.0 Å². The highest BCUT2D eigenvalue weighted by atomic mass is 19.4. The molecule has 28 heavy (non-hydrogen) atoms. The number of hydrogen-bond donors (Lipinski definition) is 3. The zero-order valence-corrected chi connectivity index (χ0v) is 16.0. The normalized spacial score (nSPS) is 17.3. The van der Waals surface area contributed by atoms with Crippen molar-refractivity contribution in [2.75, 3.05) is 36.5 Å². The summed E-state index contributed by atoms with van der Waals surface area (Å²) < 4.78 is 41.1. The molecule has 1 aliphatic rings. The number of halogens is 3. The number of rotatable bonds is 5. The number of nitrogens with zero attached hydrogens (tertiary/aromatic N) is 3. The van der Waals surface area contributed by atoms with Gasteiger partial charge in [-0.25, -0.2) is 9.97 Å². The third-order valence-corrected chi connectivity index (χ3v) is 4.97. The van der Waals surface area contributed by atoms with Gasteiger partial charge >= 0.3 is 6.18 Å². The summed E-state index contributed by atoms with van der Waals surface area (Å²) in [5.41, 5.74) is 10.6. The summed E-state index contributed by atoms with van der Waals surface area (Å²) >= 11 is 0. The molecular formula is C19H25F3N6. The summed E-state index contributed by atoms with van der Waals surface area (Å²) in [6.45, 7) is 3.49. The Bertz CT molecular complexity index is 852. The molecule has 0 spiro atoms. The molecular weight excluding hydrogens is 369 g/mol. The van der Waals surface area contributed by atoms with Gasteiger partial charge < -0.3 is 21.7 Å². The van der Waals surface area contributed by atoms with Gasteiger partial charge in [0.15, 0.2) is 5.82 Å². The van der Waals surface area contributed by atoms with E-state index in [2.05, 4.69) is 20.2 Å². The fourth-order valence-electron chi connectivity index (χ4n) is 3.53. The van der Waals surface area contributed by atoms with Gasteiger partial charge in [-0.15, -0.1) is 0 Å². The van der Waals surface area contributed by atoms with Crippen molar-refractivity contribution in [1.29, 1.82) is 0 Å². The number of aromatic nitrogens is 2. The van der Waals surface area contributed by atoms with Gasteiger partial charge in [-0.05, 0) is 32.0 Å². The second-order valence-corrected chi connectivity index (χ2v) is 7.00. The van der Waals surface area contributed by atoms with E-state index >= 15 is 0 Å². The van der Waals surface area contributed by atoms with Crippen LogP contribution in [0.2, 0.25) is 0 Å². The lowest BCUT2D eigenvalue weighted by molar-refractivity contribution is -0.136. The monoisotopic (exact) mass is 394 g/mol. The molecule has 1 aromatic heterocycles. The summed E-state index contributed by atoms with van der Waals surface area (Å²) in [5.74, 6) is 0.576. The molecule has 1 saturated heterocycles. The topological polar surface area (TPSA) is 93.1 Å². The number of hydrogen-bond acceptors (Lipinski definition) is 6. The third-order valence-electron chi connectivity index (χ3n) is 4.97. The second kappa shape index (κ2) is 7.83. The predicted molar refractivity (Wildman–Crippen MR) is 105 cm³/mol. The van der Waals surface area contributed by atoms with Crippen LogP contribution in [0.5, 0.6) is 0 Å². The summed E-state index contributed by atoms with van der Waals surface area (Å²) in [6.07, 6.45) is -2.28. The Morgan fingerprint density at radius 2 is 1.93 bits per heavy atom. The average molecular weight is 394 g/mol. The SMILES string of the molecule is CCCc1cc(N2CCC(NC)C2)nc(-c2c(N)ccc(N)c2C(F)(F)F)n1. The Morgan fingerprint density at radius 1 is 1.21 bits per heavy atom. The van der Waals surface area contributed by atoms with Crippen molar-refractivity contribution in [3.63, 3.8) is 0 Å². The highest BCUT2D eigenvalue weighted by Gasteiger charge is 2.38. The van der Waals surface area contributed by atoms with Crippen molar-refractivity contribution >= 4 is 17.2 Å². The van der Waals surface area contributed by atoms with Gasteiger partial charge in [-0.2, -0.15) is 13.2 Å². The van der Waals surface area contributed by atoms with E-state index in [4.69, 9.17) is 11.5 Å². The van der Waals surface area contributed by atoms with Crippen LogP contribution in [0, 0.1) is 0 Å². The van der Waals surface area contributed by atoms with E-state index in [9.17, 15) is 13.2 Å². The maximum Gasteiger partial charge on any atom is 0.419 e. The first kappa shape index (κ1) is 20.2. The van der Waals surface area contributed by atoms with E-state index in [1.807, 2.05) is 20.0 Å². The lowest BCUT2D eigenvalue weighted by Gasteiger charge is -2.21. The van der Waals surface area contributed by atoms with E-state index in [0.29, 0.717) is 24.0 Å².